The van der Waals surface area contributed by atoms with E-state index < -0.39 is 28.9 Å². The van der Waals surface area contributed by atoms with Gasteiger partial charge in [0.2, 0.25) is 0 Å². The van der Waals surface area contributed by atoms with Gasteiger partial charge in [0, 0.05) is 11.8 Å². The molecule has 2 heterocycles. The van der Waals surface area contributed by atoms with E-state index in [1.54, 1.807) is 24.3 Å². The fraction of sp³-hybridized carbons (Fsp3) is 0.0476. The van der Waals surface area contributed by atoms with Crippen LogP contribution in [0.5, 0.6) is 11.5 Å². The van der Waals surface area contributed by atoms with E-state index in [2.05, 4.69) is 15.5 Å². The Morgan fingerprint density at radius 1 is 0.969 bits per heavy atom. The zero-order chi connectivity index (χ0) is 22.7. The van der Waals surface area contributed by atoms with Crippen LogP contribution in [0.15, 0.2) is 77.7 Å². The summed E-state index contributed by atoms with van der Waals surface area (Å²) >= 11 is 0. The summed E-state index contributed by atoms with van der Waals surface area (Å²) in [5.74, 6) is -0.201. The zero-order valence-electron chi connectivity index (χ0n) is 16.1. The summed E-state index contributed by atoms with van der Waals surface area (Å²) in [5, 5.41) is 11.6. The number of nitrogens with one attached hydrogen (secondary N) is 2. The largest absolute Gasteiger partial charge is 0.457 e. The molecule has 32 heavy (non-hydrogen) atoms. The average Bonchev–Trinajstić information content (AvgIpc) is 3.22. The van der Waals surface area contributed by atoms with Crippen LogP contribution in [-0.2, 0) is 6.18 Å². The van der Waals surface area contributed by atoms with Gasteiger partial charge in [-0.3, -0.25) is 9.59 Å². The van der Waals surface area contributed by atoms with Crippen LogP contribution in [0.2, 0.25) is 0 Å². The molecule has 2 N–H and O–H groups in total. The van der Waals surface area contributed by atoms with Gasteiger partial charge >= 0.3 is 6.18 Å². The summed E-state index contributed by atoms with van der Waals surface area (Å²) in [6, 6.07) is 17.2. The Balaban J connectivity index is 1.57. The quantitative estimate of drug-likeness (QED) is 0.487. The van der Waals surface area contributed by atoms with Crippen molar-refractivity contribution >= 4 is 11.6 Å². The molecule has 2 aromatic carbocycles. The Labute approximate surface area is 178 Å². The van der Waals surface area contributed by atoms with Crippen LogP contribution in [0.3, 0.4) is 0 Å². The summed E-state index contributed by atoms with van der Waals surface area (Å²) in [5.41, 5.74) is -2.35. The number of H-pyrrole nitrogens is 1. The molecule has 11 heteroatoms. The van der Waals surface area contributed by atoms with Crippen molar-refractivity contribution in [2.75, 3.05) is 5.32 Å². The molecule has 0 aliphatic carbocycles. The Kier molecular flexibility index (Phi) is 5.46. The predicted octanol–water partition coefficient (Wildman–Crippen LogP) is 4.02. The first-order valence-electron chi connectivity index (χ1n) is 9.17. The van der Waals surface area contributed by atoms with Crippen molar-refractivity contribution in [3.05, 3.63) is 94.5 Å². The van der Waals surface area contributed by atoms with Crippen LogP contribution in [0, 0.1) is 0 Å². The molecule has 0 bridgehead atoms. The minimum Gasteiger partial charge on any atom is -0.457 e. The molecule has 1 amide bonds. The van der Waals surface area contributed by atoms with E-state index in [1.165, 1.54) is 12.1 Å². The maximum Gasteiger partial charge on any atom is 0.434 e. The fourth-order valence-electron chi connectivity index (χ4n) is 2.85. The minimum absolute atomic E-state index is 0.262. The van der Waals surface area contributed by atoms with Crippen molar-refractivity contribution in [2.45, 2.75) is 6.18 Å². The van der Waals surface area contributed by atoms with Crippen molar-refractivity contribution in [1.82, 2.24) is 20.0 Å². The molecule has 0 spiro atoms. The number of carbonyl (C=O) groups excluding carboxylic acids is 1. The van der Waals surface area contributed by atoms with Gasteiger partial charge in [-0.15, -0.1) is 0 Å². The number of amides is 1. The highest BCUT2D eigenvalue weighted by atomic mass is 19.4. The molecule has 0 saturated heterocycles. The first kappa shape index (κ1) is 20.8. The van der Waals surface area contributed by atoms with Gasteiger partial charge in [0.15, 0.2) is 11.5 Å². The number of halogens is 3. The Hall–Kier alpha value is -4.41. The van der Waals surface area contributed by atoms with Crippen LogP contribution in [0.25, 0.3) is 5.82 Å². The standard InChI is InChI=1S/C21H14F3N5O3/c22-21(23,24)19-16(12-25-29(19)17-10-11-18(30)28-27-17)20(31)26-13-6-8-15(9-7-13)32-14-4-2-1-3-5-14/h1-12H,(H,26,31)(H,28,30). The van der Waals surface area contributed by atoms with Crippen molar-refractivity contribution < 1.29 is 22.7 Å². The number of para-hydroxylation sites is 1. The lowest BCUT2D eigenvalue weighted by Crippen LogP contribution is -2.21. The van der Waals surface area contributed by atoms with Gasteiger partial charge in [-0.1, -0.05) is 18.2 Å². The number of alkyl halides is 3. The number of anilines is 1. The van der Waals surface area contributed by atoms with Gasteiger partial charge in [-0.05, 0) is 42.5 Å². The molecule has 0 atom stereocenters. The third kappa shape index (κ3) is 4.51. The SMILES string of the molecule is O=C(Nc1ccc(Oc2ccccc2)cc1)c1cnn(-c2ccc(=O)[nH]n2)c1C(F)(F)F. The average molecular weight is 441 g/mol. The molecule has 0 unspecified atom stereocenters. The van der Waals surface area contributed by atoms with Gasteiger partial charge in [0.1, 0.15) is 11.5 Å². The molecule has 0 radical (unpaired) electrons. The summed E-state index contributed by atoms with van der Waals surface area (Å²) < 4.78 is 47.2. The Bertz CT molecular complexity index is 1280. The van der Waals surface area contributed by atoms with E-state index in [0.29, 0.717) is 16.2 Å². The number of ether oxygens (including phenoxy) is 1. The fourth-order valence-corrected chi connectivity index (χ4v) is 2.85. The number of hydrogen-bond acceptors (Lipinski definition) is 5. The summed E-state index contributed by atoms with van der Waals surface area (Å²) in [7, 11) is 0. The monoisotopic (exact) mass is 441 g/mol. The number of carbonyl (C=O) groups is 1. The second kappa shape index (κ2) is 8.38. The molecule has 0 aliphatic rings. The molecule has 4 rings (SSSR count). The Morgan fingerprint density at radius 2 is 1.66 bits per heavy atom. The predicted molar refractivity (Wildman–Crippen MR) is 108 cm³/mol. The number of nitrogens with zero attached hydrogens (tertiary/aromatic N) is 3. The first-order chi connectivity index (χ1) is 15.3. The maximum absolute atomic E-state index is 13.7. The topological polar surface area (TPSA) is 102 Å². The zero-order valence-corrected chi connectivity index (χ0v) is 16.1. The van der Waals surface area contributed by atoms with E-state index in [9.17, 15) is 22.8 Å². The van der Waals surface area contributed by atoms with Crippen molar-refractivity contribution in [2.24, 2.45) is 0 Å². The first-order valence-corrected chi connectivity index (χ1v) is 9.17. The molecule has 4 aromatic rings. The summed E-state index contributed by atoms with van der Waals surface area (Å²) in [6.45, 7) is 0. The van der Waals surface area contributed by atoms with Crippen LogP contribution in [0.1, 0.15) is 16.1 Å². The van der Waals surface area contributed by atoms with E-state index in [1.807, 2.05) is 23.3 Å². The van der Waals surface area contributed by atoms with Gasteiger partial charge in [-0.25, -0.2) is 9.78 Å². The summed E-state index contributed by atoms with van der Waals surface area (Å²) in [6.07, 6.45) is -4.12. The molecule has 0 fully saturated rings. The molecular formula is C21H14F3N5O3. The van der Waals surface area contributed by atoms with Gasteiger partial charge in [-0.2, -0.15) is 23.4 Å². The highest BCUT2D eigenvalue weighted by molar-refractivity contribution is 6.05. The van der Waals surface area contributed by atoms with Gasteiger partial charge < -0.3 is 10.1 Å². The van der Waals surface area contributed by atoms with E-state index >= 15 is 0 Å². The van der Waals surface area contributed by atoms with Gasteiger partial charge in [0.05, 0.1) is 11.8 Å². The molecule has 162 valence electrons. The van der Waals surface area contributed by atoms with Crippen LogP contribution in [0.4, 0.5) is 18.9 Å². The number of benzene rings is 2. The lowest BCUT2D eigenvalue weighted by atomic mass is 10.2. The Morgan fingerprint density at radius 3 is 2.28 bits per heavy atom. The minimum atomic E-state index is -4.91. The second-order valence-corrected chi connectivity index (χ2v) is 6.49. The van der Waals surface area contributed by atoms with Crippen LogP contribution < -0.4 is 15.6 Å². The number of aromatic amines is 1. The molecule has 8 nitrogen and oxygen atoms in total. The normalized spacial score (nSPS) is 11.2. The smallest absolute Gasteiger partial charge is 0.434 e. The van der Waals surface area contributed by atoms with E-state index in [-0.39, 0.29) is 11.5 Å². The van der Waals surface area contributed by atoms with Crippen LogP contribution >= 0.6 is 0 Å². The van der Waals surface area contributed by atoms with E-state index in [4.69, 9.17) is 4.74 Å². The maximum atomic E-state index is 13.7. The molecule has 0 saturated carbocycles. The van der Waals surface area contributed by atoms with E-state index in [0.717, 1.165) is 18.3 Å². The summed E-state index contributed by atoms with van der Waals surface area (Å²) in [4.78, 5) is 23.7. The number of aromatic nitrogens is 4. The van der Waals surface area contributed by atoms with Crippen molar-refractivity contribution in [3.63, 3.8) is 0 Å². The number of rotatable bonds is 5. The lowest BCUT2D eigenvalue weighted by Gasteiger charge is -2.12. The molecule has 2 aromatic heterocycles. The highest BCUT2D eigenvalue weighted by Crippen LogP contribution is 2.33. The van der Waals surface area contributed by atoms with Crippen molar-refractivity contribution in [1.29, 1.82) is 0 Å². The van der Waals surface area contributed by atoms with Crippen molar-refractivity contribution in [3.8, 4) is 17.3 Å². The van der Waals surface area contributed by atoms with Gasteiger partial charge in [0.25, 0.3) is 11.5 Å². The molecular weight excluding hydrogens is 427 g/mol. The molecule has 0 aliphatic heterocycles. The number of hydrogen-bond donors (Lipinski definition) is 2. The third-order valence-electron chi connectivity index (χ3n) is 4.25. The van der Waals surface area contributed by atoms with Crippen LogP contribution in [-0.4, -0.2) is 25.9 Å². The lowest BCUT2D eigenvalue weighted by molar-refractivity contribution is -0.143. The second-order valence-electron chi connectivity index (χ2n) is 6.49. The third-order valence-corrected chi connectivity index (χ3v) is 4.25. The highest BCUT2D eigenvalue weighted by Gasteiger charge is 2.41.